The number of likely N-dealkylation sites (tertiary alicyclic amines) is 1. The van der Waals surface area contributed by atoms with Gasteiger partial charge in [0.2, 0.25) is 0 Å². The summed E-state index contributed by atoms with van der Waals surface area (Å²) in [5.41, 5.74) is 7.12. The Morgan fingerprint density at radius 3 is 3.00 bits per heavy atom. The number of aromatic nitrogens is 2. The first-order valence-corrected chi connectivity index (χ1v) is 6.65. The number of nitrogens with zero attached hydrogens (tertiary/aromatic N) is 3. The molecule has 100 valence electrons. The molecule has 0 aromatic carbocycles. The second kappa shape index (κ2) is 5.52. The molecular weight excluding hydrogens is 228 g/mol. The minimum atomic E-state index is 0.0678. The SMILES string of the molecule is Cc1cc(C(=O)N2CCCC2CCCN)nn1C. The molecule has 2 rings (SSSR count). The van der Waals surface area contributed by atoms with Crippen molar-refractivity contribution in [3.05, 3.63) is 17.5 Å². The van der Waals surface area contributed by atoms with Gasteiger partial charge in [-0.2, -0.15) is 5.10 Å². The fourth-order valence-corrected chi connectivity index (χ4v) is 2.57. The van der Waals surface area contributed by atoms with Crippen molar-refractivity contribution in [3.8, 4) is 0 Å². The van der Waals surface area contributed by atoms with Crippen molar-refractivity contribution in [2.24, 2.45) is 12.8 Å². The van der Waals surface area contributed by atoms with Crippen LogP contribution in [0.25, 0.3) is 0 Å². The Hall–Kier alpha value is -1.36. The van der Waals surface area contributed by atoms with Gasteiger partial charge in [-0.1, -0.05) is 0 Å². The number of nitrogens with two attached hydrogens (primary N) is 1. The summed E-state index contributed by atoms with van der Waals surface area (Å²) in [7, 11) is 1.86. The van der Waals surface area contributed by atoms with Crippen LogP contribution in [0.15, 0.2) is 6.07 Å². The van der Waals surface area contributed by atoms with Gasteiger partial charge in [-0.25, -0.2) is 0 Å². The molecule has 0 bridgehead atoms. The summed E-state index contributed by atoms with van der Waals surface area (Å²) >= 11 is 0. The van der Waals surface area contributed by atoms with E-state index in [4.69, 9.17) is 5.73 Å². The van der Waals surface area contributed by atoms with E-state index in [9.17, 15) is 4.79 Å². The zero-order chi connectivity index (χ0) is 13.1. The highest BCUT2D eigenvalue weighted by Crippen LogP contribution is 2.23. The van der Waals surface area contributed by atoms with Crippen LogP contribution < -0.4 is 5.73 Å². The van der Waals surface area contributed by atoms with E-state index in [0.29, 0.717) is 18.3 Å². The molecule has 1 aromatic rings. The van der Waals surface area contributed by atoms with Gasteiger partial charge in [-0.15, -0.1) is 0 Å². The predicted octanol–water partition coefficient (Wildman–Crippen LogP) is 1.07. The highest BCUT2D eigenvalue weighted by atomic mass is 16.2. The maximum absolute atomic E-state index is 12.4. The second-order valence-corrected chi connectivity index (χ2v) is 5.02. The molecule has 1 atom stereocenters. The van der Waals surface area contributed by atoms with Gasteiger partial charge in [-0.3, -0.25) is 9.48 Å². The van der Waals surface area contributed by atoms with E-state index >= 15 is 0 Å². The number of aryl methyl sites for hydroxylation is 2. The third kappa shape index (κ3) is 2.56. The zero-order valence-electron chi connectivity index (χ0n) is 11.2. The summed E-state index contributed by atoms with van der Waals surface area (Å²) in [5.74, 6) is 0.0678. The molecule has 1 aromatic heterocycles. The third-order valence-electron chi connectivity index (χ3n) is 3.71. The first-order chi connectivity index (χ1) is 8.63. The molecule has 1 unspecified atom stereocenters. The van der Waals surface area contributed by atoms with Crippen LogP contribution in [-0.2, 0) is 7.05 Å². The normalized spacial score (nSPS) is 19.5. The summed E-state index contributed by atoms with van der Waals surface area (Å²) in [4.78, 5) is 14.4. The van der Waals surface area contributed by atoms with Gasteiger partial charge < -0.3 is 10.6 Å². The lowest BCUT2D eigenvalue weighted by atomic mass is 10.1. The van der Waals surface area contributed by atoms with Crippen molar-refractivity contribution in [1.82, 2.24) is 14.7 Å². The highest BCUT2D eigenvalue weighted by Gasteiger charge is 2.30. The third-order valence-corrected chi connectivity index (χ3v) is 3.71. The van der Waals surface area contributed by atoms with Gasteiger partial charge in [-0.05, 0) is 45.2 Å². The fraction of sp³-hybridized carbons (Fsp3) is 0.692. The van der Waals surface area contributed by atoms with Crippen molar-refractivity contribution in [2.45, 2.75) is 38.6 Å². The van der Waals surface area contributed by atoms with Gasteiger partial charge in [0.15, 0.2) is 5.69 Å². The van der Waals surface area contributed by atoms with Crippen molar-refractivity contribution >= 4 is 5.91 Å². The van der Waals surface area contributed by atoms with E-state index in [0.717, 1.165) is 37.9 Å². The Bertz CT molecular complexity index is 407. The van der Waals surface area contributed by atoms with Crippen LogP contribution in [0.4, 0.5) is 0 Å². The molecule has 18 heavy (non-hydrogen) atoms. The summed E-state index contributed by atoms with van der Waals surface area (Å²) in [6.45, 7) is 3.50. The Balaban J connectivity index is 2.07. The number of hydrogen-bond acceptors (Lipinski definition) is 3. The first-order valence-electron chi connectivity index (χ1n) is 6.65. The fourth-order valence-electron chi connectivity index (χ4n) is 2.57. The van der Waals surface area contributed by atoms with Gasteiger partial charge in [0.25, 0.3) is 5.91 Å². The minimum Gasteiger partial charge on any atom is -0.334 e. The number of rotatable bonds is 4. The number of amides is 1. The maximum Gasteiger partial charge on any atom is 0.274 e. The van der Waals surface area contributed by atoms with Crippen LogP contribution in [0.3, 0.4) is 0 Å². The van der Waals surface area contributed by atoms with Crippen LogP contribution in [-0.4, -0.2) is 39.7 Å². The van der Waals surface area contributed by atoms with Crippen LogP contribution in [0.2, 0.25) is 0 Å². The molecule has 1 aliphatic rings. The van der Waals surface area contributed by atoms with Crippen LogP contribution in [0, 0.1) is 6.92 Å². The van der Waals surface area contributed by atoms with E-state index in [-0.39, 0.29) is 5.91 Å². The van der Waals surface area contributed by atoms with Gasteiger partial charge in [0, 0.05) is 25.3 Å². The predicted molar refractivity (Wildman–Crippen MR) is 70.3 cm³/mol. The second-order valence-electron chi connectivity index (χ2n) is 5.02. The summed E-state index contributed by atoms with van der Waals surface area (Å²) in [6.07, 6.45) is 4.17. The lowest BCUT2D eigenvalue weighted by Crippen LogP contribution is -2.36. The number of carbonyl (C=O) groups is 1. The molecule has 5 nitrogen and oxygen atoms in total. The molecule has 2 heterocycles. The van der Waals surface area contributed by atoms with E-state index in [1.54, 1.807) is 4.68 Å². The number of carbonyl (C=O) groups excluding carboxylic acids is 1. The van der Waals surface area contributed by atoms with E-state index in [1.807, 2.05) is 24.9 Å². The summed E-state index contributed by atoms with van der Waals surface area (Å²) in [6, 6.07) is 2.21. The zero-order valence-corrected chi connectivity index (χ0v) is 11.2. The molecule has 1 amide bonds. The Morgan fingerprint density at radius 2 is 2.39 bits per heavy atom. The molecule has 0 saturated carbocycles. The van der Waals surface area contributed by atoms with Crippen molar-refractivity contribution < 1.29 is 4.79 Å². The van der Waals surface area contributed by atoms with E-state index < -0.39 is 0 Å². The van der Waals surface area contributed by atoms with Crippen LogP contribution >= 0.6 is 0 Å². The van der Waals surface area contributed by atoms with Crippen LogP contribution in [0.1, 0.15) is 41.9 Å². The molecule has 5 heteroatoms. The molecule has 1 fully saturated rings. The maximum atomic E-state index is 12.4. The molecule has 0 spiro atoms. The van der Waals surface area contributed by atoms with Crippen molar-refractivity contribution in [3.63, 3.8) is 0 Å². The molecule has 2 N–H and O–H groups in total. The quantitative estimate of drug-likeness (QED) is 0.869. The molecule has 1 aliphatic heterocycles. The Kier molecular flexibility index (Phi) is 4.01. The van der Waals surface area contributed by atoms with Gasteiger partial charge in [0.1, 0.15) is 0 Å². The average molecular weight is 250 g/mol. The van der Waals surface area contributed by atoms with E-state index in [2.05, 4.69) is 5.10 Å². The smallest absolute Gasteiger partial charge is 0.274 e. The van der Waals surface area contributed by atoms with Crippen molar-refractivity contribution in [2.75, 3.05) is 13.1 Å². The monoisotopic (exact) mass is 250 g/mol. The minimum absolute atomic E-state index is 0.0678. The number of hydrogen-bond donors (Lipinski definition) is 1. The summed E-state index contributed by atoms with van der Waals surface area (Å²) in [5, 5.41) is 4.27. The highest BCUT2D eigenvalue weighted by molar-refractivity contribution is 5.92. The summed E-state index contributed by atoms with van der Waals surface area (Å²) < 4.78 is 1.75. The lowest BCUT2D eigenvalue weighted by Gasteiger charge is -2.23. The molecular formula is C13H22N4O. The van der Waals surface area contributed by atoms with E-state index in [1.165, 1.54) is 0 Å². The molecule has 0 radical (unpaired) electrons. The van der Waals surface area contributed by atoms with Crippen molar-refractivity contribution in [1.29, 1.82) is 0 Å². The topological polar surface area (TPSA) is 64.2 Å². The molecule has 0 aliphatic carbocycles. The average Bonchev–Trinajstić information content (AvgIpc) is 2.94. The Labute approximate surface area is 108 Å². The van der Waals surface area contributed by atoms with Crippen LogP contribution in [0.5, 0.6) is 0 Å². The standard InChI is InChI=1S/C13H22N4O/c1-10-9-12(15-16(10)2)13(18)17-8-4-6-11(17)5-3-7-14/h9,11H,3-8,14H2,1-2H3. The largest absolute Gasteiger partial charge is 0.334 e. The molecule has 1 saturated heterocycles. The van der Waals surface area contributed by atoms with Gasteiger partial charge >= 0.3 is 0 Å². The van der Waals surface area contributed by atoms with Gasteiger partial charge in [0.05, 0.1) is 0 Å². The Morgan fingerprint density at radius 1 is 1.61 bits per heavy atom. The first kappa shape index (κ1) is 13.1. The lowest BCUT2D eigenvalue weighted by molar-refractivity contribution is 0.0722.